The summed E-state index contributed by atoms with van der Waals surface area (Å²) in [5, 5.41) is 3.06. The predicted octanol–water partition coefficient (Wildman–Crippen LogP) is 2.06. The smallest absolute Gasteiger partial charge is 0.230 e. The van der Waals surface area contributed by atoms with Crippen LogP contribution in [0.4, 0.5) is 0 Å². The molecule has 0 aliphatic carbocycles. The van der Waals surface area contributed by atoms with Crippen LogP contribution in [0.25, 0.3) is 0 Å². The minimum absolute atomic E-state index is 0.0508. The molecule has 1 amide bonds. The lowest BCUT2D eigenvalue weighted by molar-refractivity contribution is -0.121. The topological polar surface area (TPSA) is 41.6 Å². The minimum Gasteiger partial charge on any atom is -0.373 e. The normalized spacial score (nSPS) is 20.6. The standard InChI is InChI=1S/C17H26N2O2S/c1-13-5-4-6-15(9-13)11-22-12-17(20)18-14(2)16-10-19(3)7-8-21-16/h4-6,9,14,16H,7-8,10-12H2,1-3H3,(H,18,20). The number of thioether (sulfide) groups is 1. The van der Waals surface area contributed by atoms with Crippen LogP contribution in [0.1, 0.15) is 18.1 Å². The van der Waals surface area contributed by atoms with E-state index in [2.05, 4.69) is 48.5 Å². The van der Waals surface area contributed by atoms with Crippen molar-refractivity contribution in [3.63, 3.8) is 0 Å². The highest BCUT2D eigenvalue weighted by Gasteiger charge is 2.24. The lowest BCUT2D eigenvalue weighted by Crippen LogP contribution is -2.51. The third kappa shape index (κ3) is 5.63. The van der Waals surface area contributed by atoms with Crippen molar-refractivity contribution in [2.24, 2.45) is 0 Å². The summed E-state index contributed by atoms with van der Waals surface area (Å²) < 4.78 is 5.73. The third-order valence-corrected chi connectivity index (χ3v) is 4.83. The fraction of sp³-hybridized carbons (Fsp3) is 0.588. The lowest BCUT2D eigenvalue weighted by Gasteiger charge is -2.33. The molecule has 1 aliphatic rings. The Hall–Kier alpha value is -1.04. The van der Waals surface area contributed by atoms with Gasteiger partial charge in [0.1, 0.15) is 0 Å². The average Bonchev–Trinajstić information content (AvgIpc) is 2.47. The highest BCUT2D eigenvalue weighted by molar-refractivity contribution is 7.99. The van der Waals surface area contributed by atoms with Gasteiger partial charge in [0.25, 0.3) is 0 Å². The van der Waals surface area contributed by atoms with Gasteiger partial charge in [-0.2, -0.15) is 0 Å². The van der Waals surface area contributed by atoms with Crippen LogP contribution in [0.15, 0.2) is 24.3 Å². The Kier molecular flexibility index (Phi) is 6.73. The van der Waals surface area contributed by atoms with Crippen LogP contribution < -0.4 is 5.32 Å². The number of carbonyl (C=O) groups excluding carboxylic acids is 1. The summed E-state index contributed by atoms with van der Waals surface area (Å²) in [7, 11) is 2.09. The van der Waals surface area contributed by atoms with Crippen LogP contribution in [0.2, 0.25) is 0 Å². The van der Waals surface area contributed by atoms with Crippen LogP contribution in [0.5, 0.6) is 0 Å². The molecule has 1 saturated heterocycles. The summed E-state index contributed by atoms with van der Waals surface area (Å²) in [5.74, 6) is 1.44. The second-order valence-electron chi connectivity index (χ2n) is 6.01. The highest BCUT2D eigenvalue weighted by atomic mass is 32.2. The Morgan fingerprint density at radius 2 is 2.36 bits per heavy atom. The molecule has 0 radical (unpaired) electrons. The fourth-order valence-electron chi connectivity index (χ4n) is 2.57. The molecule has 1 heterocycles. The van der Waals surface area contributed by atoms with E-state index >= 15 is 0 Å². The Labute approximate surface area is 137 Å². The van der Waals surface area contributed by atoms with Crippen LogP contribution in [0.3, 0.4) is 0 Å². The van der Waals surface area contributed by atoms with E-state index < -0.39 is 0 Å². The van der Waals surface area contributed by atoms with Gasteiger partial charge in [-0.1, -0.05) is 29.8 Å². The number of ether oxygens (including phenoxy) is 1. The van der Waals surface area contributed by atoms with E-state index in [1.165, 1.54) is 11.1 Å². The number of carbonyl (C=O) groups is 1. The molecule has 1 fully saturated rings. The molecule has 5 heteroatoms. The summed E-state index contributed by atoms with van der Waals surface area (Å²) in [6.45, 7) is 6.68. The van der Waals surface area contributed by atoms with Crippen molar-refractivity contribution >= 4 is 17.7 Å². The van der Waals surface area contributed by atoms with Crippen molar-refractivity contribution in [2.45, 2.75) is 31.7 Å². The maximum atomic E-state index is 12.0. The zero-order chi connectivity index (χ0) is 15.9. The second-order valence-corrected chi connectivity index (χ2v) is 7.00. The van der Waals surface area contributed by atoms with Gasteiger partial charge in [-0.3, -0.25) is 4.79 Å². The van der Waals surface area contributed by atoms with Crippen LogP contribution >= 0.6 is 11.8 Å². The van der Waals surface area contributed by atoms with E-state index in [1.807, 2.05) is 6.92 Å². The number of aryl methyl sites for hydroxylation is 1. The predicted molar refractivity (Wildman–Crippen MR) is 92.2 cm³/mol. The summed E-state index contributed by atoms with van der Waals surface area (Å²) in [5.41, 5.74) is 2.53. The largest absolute Gasteiger partial charge is 0.373 e. The van der Waals surface area contributed by atoms with E-state index in [4.69, 9.17) is 4.74 Å². The molecule has 4 nitrogen and oxygen atoms in total. The molecule has 1 aliphatic heterocycles. The van der Waals surface area contributed by atoms with Crippen molar-refractivity contribution in [2.75, 3.05) is 32.5 Å². The van der Waals surface area contributed by atoms with Crippen LogP contribution in [-0.2, 0) is 15.3 Å². The molecule has 2 unspecified atom stereocenters. The molecule has 0 bridgehead atoms. The molecule has 1 aromatic rings. The maximum absolute atomic E-state index is 12.0. The van der Waals surface area contributed by atoms with Crippen LogP contribution in [0, 0.1) is 6.92 Å². The number of morpholine rings is 1. The number of amides is 1. The van der Waals surface area contributed by atoms with Crippen molar-refractivity contribution < 1.29 is 9.53 Å². The quantitative estimate of drug-likeness (QED) is 0.870. The van der Waals surface area contributed by atoms with Crippen molar-refractivity contribution in [3.05, 3.63) is 35.4 Å². The molecule has 1 aromatic carbocycles. The summed E-state index contributed by atoms with van der Waals surface area (Å²) in [4.78, 5) is 14.3. The summed E-state index contributed by atoms with van der Waals surface area (Å²) >= 11 is 1.65. The molecular weight excluding hydrogens is 296 g/mol. The molecular formula is C17H26N2O2S. The van der Waals surface area contributed by atoms with Crippen molar-refractivity contribution in [3.8, 4) is 0 Å². The average molecular weight is 322 g/mol. The summed E-state index contributed by atoms with van der Waals surface area (Å²) in [6, 6.07) is 8.47. The van der Waals surface area contributed by atoms with Gasteiger partial charge in [0.2, 0.25) is 5.91 Å². The number of hydrogen-bond donors (Lipinski definition) is 1. The fourth-order valence-corrected chi connectivity index (χ4v) is 3.35. The monoisotopic (exact) mass is 322 g/mol. The molecule has 0 aromatic heterocycles. The zero-order valence-electron chi connectivity index (χ0n) is 13.7. The van der Waals surface area contributed by atoms with E-state index in [1.54, 1.807) is 11.8 Å². The van der Waals surface area contributed by atoms with Gasteiger partial charge < -0.3 is 15.0 Å². The first-order chi connectivity index (χ1) is 10.5. The first kappa shape index (κ1) is 17.3. The number of nitrogens with one attached hydrogen (secondary N) is 1. The maximum Gasteiger partial charge on any atom is 0.230 e. The molecule has 2 atom stereocenters. The van der Waals surface area contributed by atoms with Gasteiger partial charge in [-0.25, -0.2) is 0 Å². The molecule has 122 valence electrons. The van der Waals surface area contributed by atoms with E-state index in [0.29, 0.717) is 5.75 Å². The second kappa shape index (κ2) is 8.56. The van der Waals surface area contributed by atoms with E-state index in [-0.39, 0.29) is 18.1 Å². The summed E-state index contributed by atoms with van der Waals surface area (Å²) in [6.07, 6.45) is 0.0875. The number of hydrogen-bond acceptors (Lipinski definition) is 4. The van der Waals surface area contributed by atoms with Gasteiger partial charge in [0.15, 0.2) is 0 Å². The Morgan fingerprint density at radius 3 is 3.09 bits per heavy atom. The highest BCUT2D eigenvalue weighted by Crippen LogP contribution is 2.13. The lowest BCUT2D eigenvalue weighted by atomic mass is 10.1. The van der Waals surface area contributed by atoms with E-state index in [0.717, 1.165) is 25.4 Å². The Balaban J connectivity index is 1.69. The number of rotatable bonds is 6. The van der Waals surface area contributed by atoms with Gasteiger partial charge in [0, 0.05) is 18.8 Å². The van der Waals surface area contributed by atoms with Gasteiger partial charge >= 0.3 is 0 Å². The molecule has 2 rings (SSSR count). The Morgan fingerprint density at radius 1 is 1.55 bits per heavy atom. The molecule has 1 N–H and O–H groups in total. The first-order valence-electron chi connectivity index (χ1n) is 7.77. The van der Waals surface area contributed by atoms with Gasteiger partial charge in [0.05, 0.1) is 24.5 Å². The number of benzene rings is 1. The molecule has 0 spiro atoms. The van der Waals surface area contributed by atoms with E-state index in [9.17, 15) is 4.79 Å². The van der Waals surface area contributed by atoms with Crippen LogP contribution in [-0.4, -0.2) is 55.4 Å². The third-order valence-electron chi connectivity index (χ3n) is 3.83. The van der Waals surface area contributed by atoms with Crippen molar-refractivity contribution in [1.29, 1.82) is 0 Å². The molecule has 22 heavy (non-hydrogen) atoms. The van der Waals surface area contributed by atoms with Gasteiger partial charge in [-0.15, -0.1) is 11.8 Å². The van der Waals surface area contributed by atoms with Crippen molar-refractivity contribution in [1.82, 2.24) is 10.2 Å². The number of nitrogens with zero attached hydrogens (tertiary/aromatic N) is 1. The van der Waals surface area contributed by atoms with Gasteiger partial charge in [-0.05, 0) is 26.5 Å². The Bertz CT molecular complexity index is 495. The zero-order valence-corrected chi connectivity index (χ0v) is 14.5. The SMILES string of the molecule is Cc1cccc(CSCC(=O)NC(C)C2CN(C)CCO2)c1. The number of likely N-dealkylation sites (N-methyl/N-ethyl adjacent to an activating group) is 1. The molecule has 0 saturated carbocycles. The first-order valence-corrected chi connectivity index (χ1v) is 8.93. The minimum atomic E-state index is 0.0508.